The summed E-state index contributed by atoms with van der Waals surface area (Å²) < 4.78 is 6.14. The number of hydrogen-bond donors (Lipinski definition) is 1. The van der Waals surface area contributed by atoms with Gasteiger partial charge in [0.2, 0.25) is 5.01 Å². The van der Waals surface area contributed by atoms with Gasteiger partial charge in [-0.05, 0) is 30.2 Å². The van der Waals surface area contributed by atoms with Gasteiger partial charge in [0, 0.05) is 18.8 Å². The largest absolute Gasteiger partial charge is 0.453 e. The number of aromatic nitrogens is 4. The minimum absolute atomic E-state index is 0.0001000. The van der Waals surface area contributed by atoms with Crippen molar-refractivity contribution in [3.63, 3.8) is 0 Å². The molecule has 144 valence electrons. The molecule has 0 atom stereocenters. The van der Waals surface area contributed by atoms with E-state index >= 15 is 0 Å². The molecule has 0 saturated heterocycles. The van der Waals surface area contributed by atoms with Gasteiger partial charge in [0.05, 0.1) is 0 Å². The number of hydrogen-bond acceptors (Lipinski definition) is 8. The molecule has 1 amide bonds. The second-order valence-electron chi connectivity index (χ2n) is 5.76. The van der Waals surface area contributed by atoms with Crippen LogP contribution in [0.2, 0.25) is 0 Å². The molecule has 0 bridgehead atoms. The highest BCUT2D eigenvalue weighted by Crippen LogP contribution is 2.15. The lowest BCUT2D eigenvalue weighted by Gasteiger charge is -2.03. The third-order valence-corrected chi connectivity index (χ3v) is 4.67. The van der Waals surface area contributed by atoms with Gasteiger partial charge in [-0.15, -0.1) is 10.2 Å². The number of nitrogens with one attached hydrogen (secondary N) is 1. The number of carbonyl (C=O) groups excluding carboxylic acids is 2. The van der Waals surface area contributed by atoms with Gasteiger partial charge < -0.3 is 10.1 Å². The lowest BCUT2D eigenvalue weighted by Crippen LogP contribution is -2.21. The van der Waals surface area contributed by atoms with E-state index in [4.69, 9.17) is 4.74 Å². The van der Waals surface area contributed by atoms with Crippen molar-refractivity contribution in [3.05, 3.63) is 68.0 Å². The van der Waals surface area contributed by atoms with Crippen LogP contribution >= 0.6 is 11.3 Å². The summed E-state index contributed by atoms with van der Waals surface area (Å²) >= 11 is 1.02. The van der Waals surface area contributed by atoms with Gasteiger partial charge in [-0.3, -0.25) is 9.59 Å². The Morgan fingerprint density at radius 3 is 2.57 bits per heavy atom. The number of ether oxygens (including phenoxy) is 1. The zero-order chi connectivity index (χ0) is 20.1. The fourth-order valence-corrected chi connectivity index (χ4v) is 2.87. The standard InChI is InChI=1S/C18H17N5O4S/c1-3-11-4-6-12(7-5-11)19-16(25)17-21-20-14(28-17)10-27-18(26)13-8-9-15(24)23(2)22-13/h4-9H,3,10H2,1-2H3,(H,19,25). The number of aryl methyl sites for hydroxylation is 2. The number of nitrogens with zero attached hydrogens (tertiary/aromatic N) is 4. The van der Waals surface area contributed by atoms with Gasteiger partial charge in [0.1, 0.15) is 6.61 Å². The van der Waals surface area contributed by atoms with Crippen LogP contribution in [0.1, 0.15) is 37.8 Å². The highest BCUT2D eigenvalue weighted by Gasteiger charge is 2.16. The third kappa shape index (κ3) is 4.65. The number of carbonyl (C=O) groups is 2. The van der Waals surface area contributed by atoms with Gasteiger partial charge in [-0.1, -0.05) is 30.4 Å². The fraction of sp³-hybridized carbons (Fsp3) is 0.222. The van der Waals surface area contributed by atoms with E-state index in [2.05, 4.69) is 27.5 Å². The number of anilines is 1. The number of esters is 1. The summed E-state index contributed by atoms with van der Waals surface area (Å²) in [5.74, 6) is -1.09. The SMILES string of the molecule is CCc1ccc(NC(=O)c2nnc(COC(=O)c3ccc(=O)n(C)n3)s2)cc1. The first kappa shape index (κ1) is 19.4. The van der Waals surface area contributed by atoms with Gasteiger partial charge in [0.25, 0.3) is 11.5 Å². The maximum Gasteiger partial charge on any atom is 0.359 e. The van der Waals surface area contributed by atoms with Crippen LogP contribution in [0.15, 0.2) is 41.2 Å². The molecule has 2 aromatic heterocycles. The van der Waals surface area contributed by atoms with Crippen molar-refractivity contribution in [2.75, 3.05) is 5.32 Å². The Hall–Kier alpha value is -3.40. The number of benzene rings is 1. The van der Waals surface area contributed by atoms with E-state index in [0.717, 1.165) is 22.4 Å². The highest BCUT2D eigenvalue weighted by atomic mass is 32.1. The molecule has 0 unspecified atom stereocenters. The van der Waals surface area contributed by atoms with Crippen molar-refractivity contribution in [3.8, 4) is 0 Å². The number of amides is 1. The van der Waals surface area contributed by atoms with Crippen molar-refractivity contribution in [2.45, 2.75) is 20.0 Å². The van der Waals surface area contributed by atoms with Crippen molar-refractivity contribution < 1.29 is 14.3 Å². The molecule has 1 N–H and O–H groups in total. The molecule has 1 aromatic carbocycles. The predicted octanol–water partition coefficient (Wildman–Crippen LogP) is 1.80. The molecule has 3 rings (SSSR count). The molecule has 0 radical (unpaired) electrons. The van der Waals surface area contributed by atoms with Crippen LogP contribution in [0.5, 0.6) is 0 Å². The normalized spacial score (nSPS) is 10.5. The zero-order valence-corrected chi connectivity index (χ0v) is 16.0. The van der Waals surface area contributed by atoms with Crippen LogP contribution < -0.4 is 10.9 Å². The molecule has 0 aliphatic carbocycles. The quantitative estimate of drug-likeness (QED) is 0.628. The maximum absolute atomic E-state index is 12.3. The van der Waals surface area contributed by atoms with Gasteiger partial charge >= 0.3 is 5.97 Å². The van der Waals surface area contributed by atoms with Crippen LogP contribution in [-0.4, -0.2) is 31.9 Å². The number of rotatable bonds is 6. The molecule has 0 aliphatic heterocycles. The smallest absolute Gasteiger partial charge is 0.359 e. The first-order valence-corrected chi connectivity index (χ1v) is 9.22. The van der Waals surface area contributed by atoms with Crippen LogP contribution in [0.4, 0.5) is 5.69 Å². The topological polar surface area (TPSA) is 116 Å². The van der Waals surface area contributed by atoms with E-state index in [1.165, 1.54) is 24.7 Å². The molecule has 9 nitrogen and oxygen atoms in total. The van der Waals surface area contributed by atoms with Crippen molar-refractivity contribution in [1.82, 2.24) is 20.0 Å². The van der Waals surface area contributed by atoms with E-state index in [0.29, 0.717) is 10.7 Å². The Balaban J connectivity index is 1.58. The maximum atomic E-state index is 12.3. The lowest BCUT2D eigenvalue weighted by atomic mass is 10.1. The summed E-state index contributed by atoms with van der Waals surface area (Å²) in [7, 11) is 1.44. The minimum Gasteiger partial charge on any atom is -0.453 e. The highest BCUT2D eigenvalue weighted by molar-refractivity contribution is 7.13. The van der Waals surface area contributed by atoms with Gasteiger partial charge in [-0.2, -0.15) is 5.10 Å². The average Bonchev–Trinajstić information content (AvgIpc) is 3.18. The summed E-state index contributed by atoms with van der Waals surface area (Å²) in [6.45, 7) is 1.90. The molecular weight excluding hydrogens is 382 g/mol. The second-order valence-corrected chi connectivity index (χ2v) is 6.82. The van der Waals surface area contributed by atoms with E-state index in [1.807, 2.05) is 24.3 Å². The predicted molar refractivity (Wildman–Crippen MR) is 102 cm³/mol. The van der Waals surface area contributed by atoms with Crippen molar-refractivity contribution in [1.29, 1.82) is 0 Å². The first-order chi connectivity index (χ1) is 13.5. The zero-order valence-electron chi connectivity index (χ0n) is 15.2. The summed E-state index contributed by atoms with van der Waals surface area (Å²) in [6, 6.07) is 10.0. The minimum atomic E-state index is -0.701. The Labute approximate surface area is 164 Å². The Morgan fingerprint density at radius 1 is 1.14 bits per heavy atom. The van der Waals surface area contributed by atoms with E-state index in [9.17, 15) is 14.4 Å². The summed E-state index contributed by atoms with van der Waals surface area (Å²) in [4.78, 5) is 35.5. The van der Waals surface area contributed by atoms with Crippen LogP contribution in [-0.2, 0) is 24.8 Å². The molecule has 0 spiro atoms. The molecule has 28 heavy (non-hydrogen) atoms. The Kier molecular flexibility index (Phi) is 5.90. The van der Waals surface area contributed by atoms with Gasteiger partial charge in [-0.25, -0.2) is 9.48 Å². The lowest BCUT2D eigenvalue weighted by molar-refractivity contribution is 0.0461. The first-order valence-electron chi connectivity index (χ1n) is 8.40. The molecule has 2 heterocycles. The van der Waals surface area contributed by atoms with E-state index in [1.54, 1.807) is 0 Å². The Bertz CT molecular complexity index is 1060. The third-order valence-electron chi connectivity index (χ3n) is 3.78. The van der Waals surface area contributed by atoms with E-state index in [-0.39, 0.29) is 28.8 Å². The van der Waals surface area contributed by atoms with Gasteiger partial charge in [0.15, 0.2) is 10.7 Å². The monoisotopic (exact) mass is 399 g/mol. The summed E-state index contributed by atoms with van der Waals surface area (Å²) in [5, 5.41) is 14.8. The molecule has 0 aliphatic rings. The van der Waals surface area contributed by atoms with Crippen molar-refractivity contribution in [2.24, 2.45) is 7.05 Å². The molecular formula is C18H17N5O4S. The van der Waals surface area contributed by atoms with E-state index < -0.39 is 5.97 Å². The molecule has 0 saturated carbocycles. The van der Waals surface area contributed by atoms with Crippen LogP contribution in [0.3, 0.4) is 0 Å². The summed E-state index contributed by atoms with van der Waals surface area (Å²) in [5.41, 5.74) is 1.50. The fourth-order valence-electron chi connectivity index (χ4n) is 2.22. The van der Waals surface area contributed by atoms with Crippen LogP contribution in [0.25, 0.3) is 0 Å². The molecule has 3 aromatic rings. The van der Waals surface area contributed by atoms with Crippen molar-refractivity contribution >= 4 is 28.9 Å². The Morgan fingerprint density at radius 2 is 1.89 bits per heavy atom. The van der Waals surface area contributed by atoms with Crippen LogP contribution in [0, 0.1) is 0 Å². The average molecular weight is 399 g/mol. The summed E-state index contributed by atoms with van der Waals surface area (Å²) in [6.07, 6.45) is 0.918. The molecule has 0 fully saturated rings. The second kappa shape index (κ2) is 8.53. The molecule has 10 heteroatoms.